The Morgan fingerprint density at radius 1 is 0.923 bits per heavy atom. The summed E-state index contributed by atoms with van der Waals surface area (Å²) in [7, 11) is 1.62. The first kappa shape index (κ1) is 19.7. The fourth-order valence-corrected chi connectivity index (χ4v) is 3.10. The molecule has 0 aliphatic heterocycles. The zero-order chi connectivity index (χ0) is 18.8. The number of benzene rings is 2. The number of hydrogen-bond donors (Lipinski definition) is 1. The van der Waals surface area contributed by atoms with Crippen molar-refractivity contribution in [3.05, 3.63) is 71.8 Å². The fraction of sp³-hybridized carbons (Fsp3) is 0.364. The first-order chi connectivity index (χ1) is 12.7. The number of carbonyl (C=O) groups excluding carboxylic acids is 2. The molecule has 138 valence electrons. The van der Waals surface area contributed by atoms with Crippen molar-refractivity contribution in [2.45, 2.75) is 38.6 Å². The summed E-state index contributed by atoms with van der Waals surface area (Å²) in [5, 5.41) is 2.69. The SMILES string of the molecule is CC[C@H](C(=O)NC)N(CCc1ccccc1)C(=O)CCc1ccccc1. The number of aryl methyl sites for hydroxylation is 1. The molecule has 0 saturated carbocycles. The predicted octanol–water partition coefficient (Wildman–Crippen LogP) is 3.22. The summed E-state index contributed by atoms with van der Waals surface area (Å²) >= 11 is 0. The van der Waals surface area contributed by atoms with E-state index < -0.39 is 6.04 Å². The maximum Gasteiger partial charge on any atom is 0.242 e. The van der Waals surface area contributed by atoms with Crippen LogP contribution in [0, 0.1) is 0 Å². The lowest BCUT2D eigenvalue weighted by atomic mass is 10.1. The van der Waals surface area contributed by atoms with E-state index >= 15 is 0 Å². The number of carbonyl (C=O) groups is 2. The zero-order valence-corrected chi connectivity index (χ0v) is 15.7. The Kier molecular flexibility index (Phi) is 7.87. The molecule has 0 aliphatic rings. The molecule has 4 nitrogen and oxygen atoms in total. The minimum absolute atomic E-state index is 0.0280. The van der Waals surface area contributed by atoms with Crippen molar-refractivity contribution in [2.24, 2.45) is 0 Å². The topological polar surface area (TPSA) is 49.4 Å². The summed E-state index contributed by atoms with van der Waals surface area (Å²) in [6.45, 7) is 2.49. The maximum absolute atomic E-state index is 12.9. The molecule has 0 radical (unpaired) electrons. The van der Waals surface area contributed by atoms with E-state index in [1.54, 1.807) is 11.9 Å². The van der Waals surface area contributed by atoms with Crippen LogP contribution in [0.3, 0.4) is 0 Å². The van der Waals surface area contributed by atoms with Gasteiger partial charge in [-0.3, -0.25) is 9.59 Å². The van der Waals surface area contributed by atoms with Crippen LogP contribution in [0.4, 0.5) is 0 Å². The van der Waals surface area contributed by atoms with Gasteiger partial charge in [0.1, 0.15) is 6.04 Å². The van der Waals surface area contributed by atoms with Crippen molar-refractivity contribution in [1.82, 2.24) is 10.2 Å². The standard InChI is InChI=1S/C22H28N2O2/c1-3-20(22(26)23-2)24(17-16-19-12-8-5-9-13-19)21(25)15-14-18-10-6-4-7-11-18/h4-13,20H,3,14-17H2,1-2H3,(H,23,26)/t20-/m1/s1. The van der Waals surface area contributed by atoms with E-state index in [-0.39, 0.29) is 11.8 Å². The average molecular weight is 352 g/mol. The third kappa shape index (κ3) is 5.73. The second kappa shape index (κ2) is 10.4. The van der Waals surface area contributed by atoms with Crippen LogP contribution < -0.4 is 5.32 Å². The van der Waals surface area contributed by atoms with E-state index in [1.165, 1.54) is 5.56 Å². The maximum atomic E-state index is 12.9. The fourth-order valence-electron chi connectivity index (χ4n) is 3.10. The molecule has 0 bridgehead atoms. The zero-order valence-electron chi connectivity index (χ0n) is 15.7. The van der Waals surface area contributed by atoms with Crippen LogP contribution in [0.2, 0.25) is 0 Å². The van der Waals surface area contributed by atoms with Crippen molar-refractivity contribution in [2.75, 3.05) is 13.6 Å². The third-order valence-corrected chi connectivity index (χ3v) is 4.59. The molecule has 26 heavy (non-hydrogen) atoms. The molecule has 1 atom stereocenters. The molecule has 0 aromatic heterocycles. The minimum Gasteiger partial charge on any atom is -0.357 e. The molecule has 0 heterocycles. The van der Waals surface area contributed by atoms with E-state index in [9.17, 15) is 9.59 Å². The van der Waals surface area contributed by atoms with Gasteiger partial charge in [-0.2, -0.15) is 0 Å². The number of amides is 2. The van der Waals surface area contributed by atoms with Gasteiger partial charge in [0, 0.05) is 20.0 Å². The Balaban J connectivity index is 2.07. The van der Waals surface area contributed by atoms with Crippen LogP contribution in [0.15, 0.2) is 60.7 Å². The van der Waals surface area contributed by atoms with Gasteiger partial charge >= 0.3 is 0 Å². The highest BCUT2D eigenvalue weighted by Crippen LogP contribution is 2.12. The molecule has 0 aliphatic carbocycles. The molecule has 0 fully saturated rings. The van der Waals surface area contributed by atoms with E-state index in [1.807, 2.05) is 67.6 Å². The summed E-state index contributed by atoms with van der Waals surface area (Å²) in [5.74, 6) is -0.0751. The van der Waals surface area contributed by atoms with Gasteiger partial charge < -0.3 is 10.2 Å². The third-order valence-electron chi connectivity index (χ3n) is 4.59. The first-order valence-electron chi connectivity index (χ1n) is 9.24. The van der Waals surface area contributed by atoms with Crippen molar-refractivity contribution in [1.29, 1.82) is 0 Å². The van der Waals surface area contributed by atoms with Crippen molar-refractivity contribution in [3.8, 4) is 0 Å². The van der Waals surface area contributed by atoms with E-state index in [2.05, 4.69) is 5.32 Å². The Morgan fingerprint density at radius 2 is 1.46 bits per heavy atom. The molecule has 4 heteroatoms. The number of rotatable bonds is 9. The first-order valence-corrected chi connectivity index (χ1v) is 9.24. The molecule has 1 N–H and O–H groups in total. The molecule has 2 amide bonds. The summed E-state index contributed by atoms with van der Waals surface area (Å²) in [4.78, 5) is 26.9. The largest absolute Gasteiger partial charge is 0.357 e. The molecule has 2 rings (SSSR count). The normalized spacial score (nSPS) is 11.6. The van der Waals surface area contributed by atoms with Crippen molar-refractivity contribution < 1.29 is 9.59 Å². The predicted molar refractivity (Wildman–Crippen MR) is 105 cm³/mol. The van der Waals surface area contributed by atoms with Gasteiger partial charge in [-0.15, -0.1) is 0 Å². The van der Waals surface area contributed by atoms with Crippen LogP contribution in [0.25, 0.3) is 0 Å². The van der Waals surface area contributed by atoms with Crippen molar-refractivity contribution in [3.63, 3.8) is 0 Å². The summed E-state index contributed by atoms with van der Waals surface area (Å²) < 4.78 is 0. The van der Waals surface area contributed by atoms with Gasteiger partial charge in [0.05, 0.1) is 0 Å². The van der Waals surface area contributed by atoms with E-state index in [0.29, 0.717) is 25.8 Å². The molecule has 2 aromatic carbocycles. The van der Waals surface area contributed by atoms with Crippen LogP contribution in [0.5, 0.6) is 0 Å². The van der Waals surface area contributed by atoms with Gasteiger partial charge in [-0.1, -0.05) is 67.6 Å². The highest BCUT2D eigenvalue weighted by atomic mass is 16.2. The summed E-state index contributed by atoms with van der Waals surface area (Å²) in [6.07, 6.45) is 2.44. The van der Waals surface area contributed by atoms with Crippen LogP contribution in [0.1, 0.15) is 30.9 Å². The van der Waals surface area contributed by atoms with E-state index in [4.69, 9.17) is 0 Å². The quantitative estimate of drug-likeness (QED) is 0.753. The monoisotopic (exact) mass is 352 g/mol. The number of likely N-dealkylation sites (N-methyl/N-ethyl adjacent to an activating group) is 1. The number of hydrogen-bond acceptors (Lipinski definition) is 2. The summed E-state index contributed by atoms with van der Waals surface area (Å²) in [5.41, 5.74) is 2.30. The molecule has 2 aromatic rings. The summed E-state index contributed by atoms with van der Waals surface area (Å²) in [6, 6.07) is 19.6. The van der Waals surface area contributed by atoms with Gasteiger partial charge in [-0.05, 0) is 30.4 Å². The molecular formula is C22H28N2O2. The highest BCUT2D eigenvalue weighted by Gasteiger charge is 2.27. The molecule has 0 spiro atoms. The van der Waals surface area contributed by atoms with Crippen LogP contribution in [-0.4, -0.2) is 36.3 Å². The Hall–Kier alpha value is -2.62. The minimum atomic E-state index is -0.424. The molecule has 0 unspecified atom stereocenters. The molecular weight excluding hydrogens is 324 g/mol. The van der Waals surface area contributed by atoms with E-state index in [0.717, 1.165) is 12.0 Å². The lowest BCUT2D eigenvalue weighted by molar-refractivity contribution is -0.140. The lowest BCUT2D eigenvalue weighted by Crippen LogP contribution is -2.49. The van der Waals surface area contributed by atoms with Gasteiger partial charge in [0.25, 0.3) is 0 Å². The van der Waals surface area contributed by atoms with Gasteiger partial charge in [0.15, 0.2) is 0 Å². The van der Waals surface area contributed by atoms with Crippen LogP contribution in [-0.2, 0) is 22.4 Å². The Labute approximate surface area is 156 Å². The second-order valence-electron chi connectivity index (χ2n) is 6.35. The lowest BCUT2D eigenvalue weighted by Gasteiger charge is -2.30. The Morgan fingerprint density at radius 3 is 1.96 bits per heavy atom. The Bertz CT molecular complexity index is 686. The van der Waals surface area contributed by atoms with Gasteiger partial charge in [-0.25, -0.2) is 0 Å². The highest BCUT2D eigenvalue weighted by molar-refractivity contribution is 5.87. The number of nitrogens with one attached hydrogen (secondary N) is 1. The molecule has 0 saturated heterocycles. The van der Waals surface area contributed by atoms with Crippen molar-refractivity contribution >= 4 is 11.8 Å². The van der Waals surface area contributed by atoms with Gasteiger partial charge in [0.2, 0.25) is 11.8 Å². The van der Waals surface area contributed by atoms with Crippen LogP contribution >= 0.6 is 0 Å². The average Bonchev–Trinajstić information content (AvgIpc) is 2.70. The smallest absolute Gasteiger partial charge is 0.242 e. The second-order valence-corrected chi connectivity index (χ2v) is 6.35. The number of nitrogens with zero attached hydrogens (tertiary/aromatic N) is 1.